The third-order valence-electron chi connectivity index (χ3n) is 2.63. The van der Waals surface area contributed by atoms with Crippen LogP contribution in [0.2, 0.25) is 0 Å². The molecule has 8 nitrogen and oxygen atoms in total. The molecule has 1 amide bonds. The molecule has 2 rings (SSSR count). The van der Waals surface area contributed by atoms with Gasteiger partial charge in [-0.25, -0.2) is 0 Å². The summed E-state index contributed by atoms with van der Waals surface area (Å²) in [5.41, 5.74) is 0.392. The average Bonchev–Trinajstić information content (AvgIpc) is 2.79. The first-order chi connectivity index (χ1) is 9.52. The second-order valence-electron chi connectivity index (χ2n) is 3.90. The summed E-state index contributed by atoms with van der Waals surface area (Å²) in [6.45, 7) is 0. The van der Waals surface area contributed by atoms with E-state index in [1.165, 1.54) is 35.1 Å². The molecule has 0 aliphatic heterocycles. The van der Waals surface area contributed by atoms with E-state index in [0.717, 1.165) is 0 Å². The molecule has 0 saturated carbocycles. The van der Waals surface area contributed by atoms with E-state index in [1.807, 2.05) is 6.07 Å². The number of hydrogen-bond donors (Lipinski definition) is 1. The second-order valence-corrected chi connectivity index (χ2v) is 3.90. The molecule has 0 unspecified atom stereocenters. The highest BCUT2D eigenvalue weighted by molar-refractivity contribution is 6.04. The highest BCUT2D eigenvalue weighted by Gasteiger charge is 2.14. The third kappa shape index (κ3) is 2.46. The van der Waals surface area contributed by atoms with Gasteiger partial charge in [0.1, 0.15) is 17.5 Å². The molecule has 0 atom stereocenters. The molecule has 1 heterocycles. The van der Waals surface area contributed by atoms with Crippen LogP contribution >= 0.6 is 0 Å². The number of amides is 1. The molecule has 0 saturated heterocycles. The molecule has 1 aromatic heterocycles. The Labute approximate surface area is 113 Å². The van der Waals surface area contributed by atoms with Gasteiger partial charge in [-0.05, 0) is 12.1 Å². The lowest BCUT2D eigenvalue weighted by molar-refractivity contribution is -0.384. The Morgan fingerprint density at radius 3 is 2.65 bits per heavy atom. The first kappa shape index (κ1) is 13.2. The number of nitrogens with zero attached hydrogens (tertiary/aromatic N) is 4. The Balaban J connectivity index is 2.22. The van der Waals surface area contributed by atoms with Crippen LogP contribution in [0.5, 0.6) is 0 Å². The molecule has 100 valence electrons. The van der Waals surface area contributed by atoms with Gasteiger partial charge in [-0.15, -0.1) is 0 Å². The van der Waals surface area contributed by atoms with Gasteiger partial charge in [-0.3, -0.25) is 19.6 Å². The zero-order valence-corrected chi connectivity index (χ0v) is 10.4. The topological polar surface area (TPSA) is 114 Å². The van der Waals surface area contributed by atoms with Crippen molar-refractivity contribution >= 4 is 17.4 Å². The predicted octanol–water partition coefficient (Wildman–Crippen LogP) is 1.45. The number of benzene rings is 1. The molecule has 0 spiro atoms. The van der Waals surface area contributed by atoms with Crippen LogP contribution in [-0.2, 0) is 7.05 Å². The molecule has 0 aliphatic carbocycles. The number of aromatic nitrogens is 2. The number of rotatable bonds is 3. The van der Waals surface area contributed by atoms with E-state index in [9.17, 15) is 14.9 Å². The van der Waals surface area contributed by atoms with Crippen LogP contribution in [0.15, 0.2) is 30.5 Å². The van der Waals surface area contributed by atoms with Crippen LogP contribution in [0, 0.1) is 21.4 Å². The van der Waals surface area contributed by atoms with E-state index in [4.69, 9.17) is 5.26 Å². The van der Waals surface area contributed by atoms with Crippen LogP contribution < -0.4 is 5.32 Å². The number of anilines is 1. The zero-order valence-electron chi connectivity index (χ0n) is 10.4. The summed E-state index contributed by atoms with van der Waals surface area (Å²) in [6.07, 6.45) is 1.34. The number of hydrogen-bond acceptors (Lipinski definition) is 5. The van der Waals surface area contributed by atoms with Gasteiger partial charge in [-0.2, -0.15) is 10.4 Å². The van der Waals surface area contributed by atoms with Crippen LogP contribution in [0.4, 0.5) is 11.5 Å². The summed E-state index contributed by atoms with van der Waals surface area (Å²) in [7, 11) is 1.59. The van der Waals surface area contributed by atoms with Crippen molar-refractivity contribution in [1.82, 2.24) is 9.78 Å². The molecule has 0 radical (unpaired) electrons. The normalized spacial score (nSPS) is 9.80. The lowest BCUT2D eigenvalue weighted by atomic mass is 10.2. The molecule has 8 heteroatoms. The van der Waals surface area contributed by atoms with E-state index in [2.05, 4.69) is 10.4 Å². The quantitative estimate of drug-likeness (QED) is 0.670. The van der Waals surface area contributed by atoms with Gasteiger partial charge in [0.15, 0.2) is 0 Å². The Bertz CT molecular complexity index is 712. The standard InChI is InChI=1S/C12H9N5O3/c1-16-11(9(6-13)7-14-16)15-12(18)8-2-4-10(5-3-8)17(19)20/h2-5,7H,1H3,(H,15,18). The van der Waals surface area contributed by atoms with Gasteiger partial charge in [0.05, 0.1) is 11.1 Å². The molecule has 0 aliphatic rings. The van der Waals surface area contributed by atoms with Crippen molar-refractivity contribution < 1.29 is 9.72 Å². The lowest BCUT2D eigenvalue weighted by Gasteiger charge is -2.05. The third-order valence-corrected chi connectivity index (χ3v) is 2.63. The zero-order chi connectivity index (χ0) is 14.7. The summed E-state index contributed by atoms with van der Waals surface area (Å²) < 4.78 is 1.36. The number of carbonyl (C=O) groups is 1. The summed E-state index contributed by atoms with van der Waals surface area (Å²) in [6, 6.07) is 7.08. The number of non-ortho nitro benzene ring substituents is 1. The number of aryl methyl sites for hydroxylation is 1. The summed E-state index contributed by atoms with van der Waals surface area (Å²) in [5, 5.41) is 25.8. The maximum Gasteiger partial charge on any atom is 0.269 e. The van der Waals surface area contributed by atoms with Crippen molar-refractivity contribution in [3.8, 4) is 6.07 Å². The molecule has 1 aromatic carbocycles. The number of nitrogens with one attached hydrogen (secondary N) is 1. The van der Waals surface area contributed by atoms with Gasteiger partial charge < -0.3 is 5.32 Å². The minimum absolute atomic E-state index is 0.0974. The van der Waals surface area contributed by atoms with Gasteiger partial charge in [-0.1, -0.05) is 0 Å². The minimum Gasteiger partial charge on any atom is -0.306 e. The Morgan fingerprint density at radius 2 is 2.10 bits per heavy atom. The van der Waals surface area contributed by atoms with Crippen molar-refractivity contribution in [2.75, 3.05) is 5.32 Å². The lowest BCUT2D eigenvalue weighted by Crippen LogP contribution is -2.15. The van der Waals surface area contributed by atoms with Crippen LogP contribution in [0.1, 0.15) is 15.9 Å². The van der Waals surface area contributed by atoms with E-state index in [-0.39, 0.29) is 22.6 Å². The van der Waals surface area contributed by atoms with Crippen molar-refractivity contribution in [3.05, 3.63) is 51.7 Å². The van der Waals surface area contributed by atoms with Gasteiger partial charge in [0.2, 0.25) is 0 Å². The van der Waals surface area contributed by atoms with Crippen LogP contribution in [0.25, 0.3) is 0 Å². The molecular weight excluding hydrogens is 262 g/mol. The SMILES string of the molecule is Cn1ncc(C#N)c1NC(=O)c1ccc([N+](=O)[O-])cc1. The first-order valence-electron chi connectivity index (χ1n) is 5.51. The highest BCUT2D eigenvalue weighted by atomic mass is 16.6. The van der Waals surface area contributed by atoms with Crippen molar-refractivity contribution in [2.45, 2.75) is 0 Å². The maximum absolute atomic E-state index is 12.0. The molecule has 2 aromatic rings. The predicted molar refractivity (Wildman–Crippen MR) is 69.0 cm³/mol. The van der Waals surface area contributed by atoms with E-state index < -0.39 is 10.8 Å². The Kier molecular flexibility index (Phi) is 3.43. The summed E-state index contributed by atoms with van der Waals surface area (Å²) in [4.78, 5) is 22.0. The number of nitriles is 1. The van der Waals surface area contributed by atoms with E-state index in [0.29, 0.717) is 0 Å². The van der Waals surface area contributed by atoms with Gasteiger partial charge in [0.25, 0.3) is 11.6 Å². The monoisotopic (exact) mass is 271 g/mol. The summed E-state index contributed by atoms with van der Waals surface area (Å²) in [5.74, 6) is -0.198. The number of nitro groups is 1. The smallest absolute Gasteiger partial charge is 0.269 e. The number of carbonyl (C=O) groups excluding carboxylic acids is 1. The van der Waals surface area contributed by atoms with Crippen LogP contribution in [-0.4, -0.2) is 20.6 Å². The maximum atomic E-state index is 12.0. The average molecular weight is 271 g/mol. The molecular formula is C12H9N5O3. The van der Waals surface area contributed by atoms with Crippen LogP contribution in [0.3, 0.4) is 0 Å². The molecule has 20 heavy (non-hydrogen) atoms. The van der Waals surface area contributed by atoms with E-state index >= 15 is 0 Å². The van der Waals surface area contributed by atoms with Gasteiger partial charge >= 0.3 is 0 Å². The van der Waals surface area contributed by atoms with Crippen molar-refractivity contribution in [2.24, 2.45) is 7.05 Å². The van der Waals surface area contributed by atoms with Gasteiger partial charge in [0, 0.05) is 24.7 Å². The Hall–Kier alpha value is -3.21. The molecule has 1 N–H and O–H groups in total. The van der Waals surface area contributed by atoms with Crippen molar-refractivity contribution in [1.29, 1.82) is 5.26 Å². The number of nitro benzene ring substituents is 1. The first-order valence-corrected chi connectivity index (χ1v) is 5.51. The second kappa shape index (κ2) is 5.19. The minimum atomic E-state index is -0.545. The molecule has 0 fully saturated rings. The fourth-order valence-corrected chi connectivity index (χ4v) is 1.58. The fraction of sp³-hybridized carbons (Fsp3) is 0.0833. The van der Waals surface area contributed by atoms with Crippen molar-refractivity contribution in [3.63, 3.8) is 0 Å². The van der Waals surface area contributed by atoms with E-state index in [1.54, 1.807) is 7.05 Å². The Morgan fingerprint density at radius 1 is 1.45 bits per heavy atom. The largest absolute Gasteiger partial charge is 0.306 e. The highest BCUT2D eigenvalue weighted by Crippen LogP contribution is 2.16. The fourth-order valence-electron chi connectivity index (χ4n) is 1.58. The summed E-state index contributed by atoms with van der Waals surface area (Å²) >= 11 is 0. The molecule has 0 bridgehead atoms.